The fourth-order valence-electron chi connectivity index (χ4n) is 0.519. The molecule has 1 N–H and O–H groups in total. The summed E-state index contributed by atoms with van der Waals surface area (Å²) in [6.45, 7) is 2.75. The lowest BCUT2D eigenvalue weighted by Crippen LogP contribution is -2.25. The highest BCUT2D eigenvalue weighted by Gasteiger charge is 1.96. The molecule has 3 nitrogen and oxygen atoms in total. The van der Waals surface area contributed by atoms with Crippen LogP contribution in [-0.2, 0) is 9.36 Å². The molecule has 4 heteroatoms. The minimum atomic E-state index is -0.134. The summed E-state index contributed by atoms with van der Waals surface area (Å²) < 4.78 is 9.88. The normalized spacial score (nSPS) is 9.70. The molecule has 0 radical (unpaired) electrons. The average molecular weight is 161 g/mol. The van der Waals surface area contributed by atoms with Gasteiger partial charge in [-0.2, -0.15) is 0 Å². The van der Waals surface area contributed by atoms with Gasteiger partial charge in [-0.15, -0.1) is 0 Å². The van der Waals surface area contributed by atoms with E-state index < -0.39 is 0 Å². The lowest BCUT2D eigenvalue weighted by molar-refractivity contribution is -0.118. The highest BCUT2D eigenvalue weighted by atomic mass is 31.1. The Labute approximate surface area is 62.4 Å². The Hall–Kier alpha value is -0.430. The predicted molar refractivity (Wildman–Crippen MR) is 40.4 cm³/mol. The predicted octanol–water partition coefficient (Wildman–Crippen LogP) is 1.19. The maximum absolute atomic E-state index is 10.6. The number of amides is 1. The molecule has 0 aliphatic heterocycles. The lowest BCUT2D eigenvalue weighted by atomic mass is 10.3. The summed E-state index contributed by atoms with van der Waals surface area (Å²) in [6.07, 6.45) is 2.14. The van der Waals surface area contributed by atoms with Gasteiger partial charge in [-0.05, 0) is 6.42 Å². The third-order valence-corrected chi connectivity index (χ3v) is 1.48. The quantitative estimate of drug-likeness (QED) is 0.486. The van der Waals surface area contributed by atoms with E-state index in [4.69, 9.17) is 0 Å². The molecule has 0 aromatic heterocycles. The Morgan fingerprint density at radius 2 is 2.30 bits per heavy atom. The van der Waals surface area contributed by atoms with Gasteiger partial charge in [-0.1, -0.05) is 13.3 Å². The van der Waals surface area contributed by atoms with Gasteiger partial charge in [0.25, 0.3) is 0 Å². The second kappa shape index (κ2) is 6.69. The lowest BCUT2D eigenvalue weighted by Gasteiger charge is -1.98. The second-order valence-electron chi connectivity index (χ2n) is 1.99. The molecule has 0 heterocycles. The summed E-state index contributed by atoms with van der Waals surface area (Å²) >= 11 is 0. The molecule has 0 aromatic carbocycles. The van der Waals surface area contributed by atoms with Crippen molar-refractivity contribution in [3.63, 3.8) is 0 Å². The zero-order chi connectivity index (χ0) is 7.82. The van der Waals surface area contributed by atoms with Gasteiger partial charge in [0.05, 0.1) is 0 Å². The standard InChI is InChI=1S/C6H12NO2P/c1-2-3-4-7-6(8)5-10-9/h2-5H2,1H3,(H,7,8). The van der Waals surface area contributed by atoms with Crippen molar-refractivity contribution in [1.82, 2.24) is 5.32 Å². The largest absolute Gasteiger partial charge is 0.355 e. The molecular formula is C6H12NO2P. The number of hydrogen-bond donors (Lipinski definition) is 1. The molecule has 0 saturated carbocycles. The monoisotopic (exact) mass is 161 g/mol. The molecule has 0 saturated heterocycles. The number of rotatable bonds is 5. The van der Waals surface area contributed by atoms with E-state index in [0.717, 1.165) is 12.8 Å². The molecule has 0 aromatic rings. The van der Waals surface area contributed by atoms with Crippen molar-refractivity contribution >= 4 is 14.4 Å². The highest BCUT2D eigenvalue weighted by molar-refractivity contribution is 7.25. The van der Waals surface area contributed by atoms with Crippen LogP contribution in [0.15, 0.2) is 0 Å². The van der Waals surface area contributed by atoms with Crippen LogP contribution in [0.1, 0.15) is 19.8 Å². The van der Waals surface area contributed by atoms with Crippen molar-refractivity contribution < 1.29 is 9.36 Å². The minimum absolute atomic E-state index is 0.0870. The van der Waals surface area contributed by atoms with Crippen LogP contribution < -0.4 is 5.32 Å². The van der Waals surface area contributed by atoms with Crippen molar-refractivity contribution in [3.05, 3.63) is 0 Å². The molecule has 0 aliphatic rings. The zero-order valence-corrected chi connectivity index (χ0v) is 6.99. The molecule has 0 atom stereocenters. The van der Waals surface area contributed by atoms with E-state index in [-0.39, 0.29) is 20.5 Å². The van der Waals surface area contributed by atoms with Gasteiger partial charge >= 0.3 is 0 Å². The molecule has 0 rings (SSSR count). The molecule has 0 unspecified atom stereocenters. The van der Waals surface area contributed by atoms with Crippen molar-refractivity contribution in [2.75, 3.05) is 12.7 Å². The van der Waals surface area contributed by atoms with E-state index in [1.165, 1.54) is 0 Å². The van der Waals surface area contributed by atoms with Crippen LogP contribution >= 0.6 is 8.46 Å². The van der Waals surface area contributed by atoms with Crippen LogP contribution in [0.25, 0.3) is 0 Å². The van der Waals surface area contributed by atoms with Crippen molar-refractivity contribution in [3.8, 4) is 0 Å². The topological polar surface area (TPSA) is 46.2 Å². The van der Waals surface area contributed by atoms with Crippen LogP contribution in [-0.4, -0.2) is 18.6 Å². The maximum Gasteiger partial charge on any atom is 0.231 e. The number of carbonyl (C=O) groups excluding carboxylic acids is 1. The van der Waals surface area contributed by atoms with Gasteiger partial charge in [0.2, 0.25) is 5.91 Å². The molecule has 10 heavy (non-hydrogen) atoms. The fourth-order valence-corrected chi connectivity index (χ4v) is 0.748. The van der Waals surface area contributed by atoms with Gasteiger partial charge in [0.15, 0.2) is 8.46 Å². The van der Waals surface area contributed by atoms with E-state index in [0.29, 0.717) is 6.54 Å². The van der Waals surface area contributed by atoms with E-state index in [1.807, 2.05) is 0 Å². The molecule has 58 valence electrons. The number of unbranched alkanes of at least 4 members (excludes halogenated alkanes) is 1. The van der Waals surface area contributed by atoms with Gasteiger partial charge in [0, 0.05) is 6.54 Å². The first-order chi connectivity index (χ1) is 4.81. The van der Waals surface area contributed by atoms with Gasteiger partial charge in [-0.25, -0.2) is 0 Å². The molecule has 0 spiro atoms. The van der Waals surface area contributed by atoms with Gasteiger partial charge in [0.1, 0.15) is 6.16 Å². The molecular weight excluding hydrogens is 149 g/mol. The van der Waals surface area contributed by atoms with Gasteiger partial charge in [-0.3, -0.25) is 9.36 Å². The molecule has 0 bridgehead atoms. The Morgan fingerprint density at radius 1 is 1.60 bits per heavy atom. The van der Waals surface area contributed by atoms with Crippen LogP contribution in [0.3, 0.4) is 0 Å². The van der Waals surface area contributed by atoms with Gasteiger partial charge < -0.3 is 5.32 Å². The summed E-state index contributed by atoms with van der Waals surface area (Å²) in [6, 6.07) is 0. The molecule has 0 fully saturated rings. The maximum atomic E-state index is 10.6. The fraction of sp³-hybridized carbons (Fsp3) is 0.833. The summed E-state index contributed by atoms with van der Waals surface area (Å²) in [5, 5.41) is 2.64. The van der Waals surface area contributed by atoms with Crippen molar-refractivity contribution in [2.45, 2.75) is 19.8 Å². The number of hydrogen-bond acceptors (Lipinski definition) is 2. The van der Waals surface area contributed by atoms with E-state index in [9.17, 15) is 9.36 Å². The average Bonchev–Trinajstić information content (AvgIpc) is 1.89. The smallest absolute Gasteiger partial charge is 0.231 e. The number of carbonyl (C=O) groups is 1. The first kappa shape index (κ1) is 9.57. The van der Waals surface area contributed by atoms with Crippen LogP contribution in [0.2, 0.25) is 0 Å². The summed E-state index contributed by atoms with van der Waals surface area (Å²) in [7, 11) is -0.103. The van der Waals surface area contributed by atoms with Crippen molar-refractivity contribution in [2.24, 2.45) is 0 Å². The van der Waals surface area contributed by atoms with Crippen LogP contribution in [0, 0.1) is 0 Å². The van der Waals surface area contributed by atoms with Crippen LogP contribution in [0.5, 0.6) is 0 Å². The Balaban J connectivity index is 3.13. The summed E-state index contributed by atoms with van der Waals surface area (Å²) in [5.41, 5.74) is 0. The Bertz CT molecular complexity index is 116. The Kier molecular flexibility index (Phi) is 6.40. The zero-order valence-electron chi connectivity index (χ0n) is 6.09. The number of nitrogens with one attached hydrogen (secondary N) is 1. The highest BCUT2D eigenvalue weighted by Crippen LogP contribution is 1.89. The SMILES string of the molecule is CCCCNC(=O)CP=O. The first-order valence-electron chi connectivity index (χ1n) is 3.37. The van der Waals surface area contributed by atoms with E-state index in [1.54, 1.807) is 0 Å². The molecule has 0 aliphatic carbocycles. The second-order valence-corrected chi connectivity index (χ2v) is 2.57. The van der Waals surface area contributed by atoms with Crippen molar-refractivity contribution in [1.29, 1.82) is 0 Å². The van der Waals surface area contributed by atoms with Crippen LogP contribution in [0.4, 0.5) is 0 Å². The molecule has 1 amide bonds. The summed E-state index contributed by atoms with van der Waals surface area (Å²) in [5.74, 6) is -0.134. The third-order valence-electron chi connectivity index (χ3n) is 1.06. The van der Waals surface area contributed by atoms with E-state index in [2.05, 4.69) is 12.2 Å². The third kappa shape index (κ3) is 5.70. The first-order valence-corrected chi connectivity index (χ1v) is 4.36. The summed E-state index contributed by atoms with van der Waals surface area (Å²) in [4.78, 5) is 10.6. The van der Waals surface area contributed by atoms with E-state index >= 15 is 0 Å². The minimum Gasteiger partial charge on any atom is -0.355 e. The Morgan fingerprint density at radius 3 is 2.80 bits per heavy atom.